The van der Waals surface area contributed by atoms with Gasteiger partial charge in [-0.2, -0.15) is 0 Å². The maximum Gasteiger partial charge on any atom is 0.266 e. The van der Waals surface area contributed by atoms with Gasteiger partial charge in [-0.1, -0.05) is 24.3 Å². The molecule has 2 N–H and O–H groups in total. The molecule has 0 spiro atoms. The Kier molecular flexibility index (Phi) is 4.24. The van der Waals surface area contributed by atoms with Crippen molar-refractivity contribution in [2.24, 2.45) is 0 Å². The van der Waals surface area contributed by atoms with Gasteiger partial charge in [0.15, 0.2) is 11.5 Å². The van der Waals surface area contributed by atoms with E-state index in [1.165, 1.54) is 6.33 Å². The molecule has 3 heterocycles. The van der Waals surface area contributed by atoms with E-state index in [1.807, 2.05) is 56.3 Å². The van der Waals surface area contributed by atoms with Crippen LogP contribution in [0.2, 0.25) is 0 Å². The molecule has 0 fully saturated rings. The van der Waals surface area contributed by atoms with Gasteiger partial charge in [0.1, 0.15) is 17.7 Å². The third kappa shape index (κ3) is 2.98. The van der Waals surface area contributed by atoms with Gasteiger partial charge < -0.3 is 10.3 Å². The Hall–Kier alpha value is -4.07. The lowest BCUT2D eigenvalue weighted by atomic mass is 10.1. The molecule has 0 radical (unpaired) electrons. The van der Waals surface area contributed by atoms with Crippen molar-refractivity contribution in [3.8, 4) is 5.69 Å². The predicted molar refractivity (Wildman–Crippen MR) is 116 cm³/mol. The number of nitrogens with zero attached hydrogens (tertiary/aromatic N) is 5. The van der Waals surface area contributed by atoms with Crippen LogP contribution in [-0.2, 0) is 0 Å². The lowest BCUT2D eigenvalue weighted by molar-refractivity contribution is 0.731. The second-order valence-electron chi connectivity index (χ2n) is 7.15. The van der Waals surface area contributed by atoms with Gasteiger partial charge in [0.25, 0.3) is 5.56 Å². The second-order valence-corrected chi connectivity index (χ2v) is 7.15. The first-order valence-corrected chi connectivity index (χ1v) is 9.61. The topological polar surface area (TPSA) is 101 Å². The highest BCUT2D eigenvalue weighted by molar-refractivity contribution is 5.82. The molecule has 1 atom stereocenters. The number of rotatable bonds is 4. The zero-order chi connectivity index (χ0) is 20.7. The average Bonchev–Trinajstić information content (AvgIpc) is 3.23. The summed E-state index contributed by atoms with van der Waals surface area (Å²) in [6, 6.07) is 14.9. The molecule has 5 aromatic rings. The summed E-state index contributed by atoms with van der Waals surface area (Å²) in [5.41, 5.74) is 3.66. The van der Waals surface area contributed by atoms with E-state index < -0.39 is 0 Å². The molecule has 0 aliphatic carbocycles. The van der Waals surface area contributed by atoms with Crippen LogP contribution < -0.4 is 10.9 Å². The molecule has 148 valence electrons. The minimum atomic E-state index is -0.322. The van der Waals surface area contributed by atoms with Crippen LogP contribution in [0.3, 0.4) is 0 Å². The molecule has 2 aromatic carbocycles. The summed E-state index contributed by atoms with van der Waals surface area (Å²) in [7, 11) is 0. The number of H-pyrrole nitrogens is 1. The van der Waals surface area contributed by atoms with Crippen molar-refractivity contribution in [2.45, 2.75) is 19.9 Å². The maximum absolute atomic E-state index is 13.4. The largest absolute Gasteiger partial charge is 0.358 e. The summed E-state index contributed by atoms with van der Waals surface area (Å²) in [6.45, 7) is 3.95. The Labute approximate surface area is 171 Å². The fourth-order valence-electron chi connectivity index (χ4n) is 3.60. The van der Waals surface area contributed by atoms with E-state index in [0.29, 0.717) is 33.7 Å². The SMILES string of the molecule is Cc1cccc(-n2c(C(C)Nc3ncnc4[nH]cnc34)nc3ccccc3c2=O)c1. The zero-order valence-electron chi connectivity index (χ0n) is 16.5. The fourth-order valence-corrected chi connectivity index (χ4v) is 3.60. The lowest BCUT2D eigenvalue weighted by Crippen LogP contribution is -2.27. The van der Waals surface area contributed by atoms with Crippen molar-refractivity contribution in [3.63, 3.8) is 0 Å². The smallest absolute Gasteiger partial charge is 0.266 e. The summed E-state index contributed by atoms with van der Waals surface area (Å²) >= 11 is 0. The molecule has 30 heavy (non-hydrogen) atoms. The third-order valence-electron chi connectivity index (χ3n) is 5.02. The van der Waals surface area contributed by atoms with Crippen LogP contribution in [0.25, 0.3) is 27.8 Å². The third-order valence-corrected chi connectivity index (χ3v) is 5.02. The molecule has 8 heteroatoms. The number of hydrogen-bond acceptors (Lipinski definition) is 6. The Morgan fingerprint density at radius 1 is 1.07 bits per heavy atom. The molecule has 0 aliphatic heterocycles. The first kappa shape index (κ1) is 18.0. The van der Waals surface area contributed by atoms with Gasteiger partial charge in [0.2, 0.25) is 0 Å². The number of nitrogens with one attached hydrogen (secondary N) is 2. The summed E-state index contributed by atoms with van der Waals surface area (Å²) in [5, 5.41) is 3.92. The Bertz CT molecular complexity index is 1440. The van der Waals surface area contributed by atoms with Gasteiger partial charge in [0, 0.05) is 0 Å². The van der Waals surface area contributed by atoms with Crippen molar-refractivity contribution < 1.29 is 0 Å². The van der Waals surface area contributed by atoms with Gasteiger partial charge >= 0.3 is 0 Å². The van der Waals surface area contributed by atoms with Gasteiger partial charge in [-0.05, 0) is 43.7 Å². The number of anilines is 1. The van der Waals surface area contributed by atoms with E-state index in [2.05, 4.69) is 25.3 Å². The van der Waals surface area contributed by atoms with Crippen molar-refractivity contribution in [3.05, 3.63) is 82.9 Å². The van der Waals surface area contributed by atoms with Crippen LogP contribution in [0, 0.1) is 6.92 Å². The Morgan fingerprint density at radius 3 is 2.80 bits per heavy atom. The van der Waals surface area contributed by atoms with E-state index in [-0.39, 0.29) is 11.6 Å². The van der Waals surface area contributed by atoms with Crippen molar-refractivity contribution >= 4 is 27.9 Å². The quantitative estimate of drug-likeness (QED) is 0.481. The van der Waals surface area contributed by atoms with E-state index in [9.17, 15) is 4.79 Å². The van der Waals surface area contributed by atoms with Gasteiger partial charge in [0.05, 0.1) is 29.0 Å². The van der Waals surface area contributed by atoms with Crippen LogP contribution in [0.15, 0.2) is 66.0 Å². The number of aromatic nitrogens is 6. The Balaban J connectivity index is 1.70. The summed E-state index contributed by atoms with van der Waals surface area (Å²) < 4.78 is 1.66. The molecule has 0 amide bonds. The lowest BCUT2D eigenvalue weighted by Gasteiger charge is -2.20. The molecule has 5 rings (SSSR count). The van der Waals surface area contributed by atoms with Crippen molar-refractivity contribution in [1.82, 2.24) is 29.5 Å². The van der Waals surface area contributed by atoms with E-state index in [4.69, 9.17) is 4.98 Å². The van der Waals surface area contributed by atoms with E-state index in [1.54, 1.807) is 17.0 Å². The minimum Gasteiger partial charge on any atom is -0.358 e. The molecular formula is C22H19N7O. The number of benzene rings is 2. The molecule has 0 saturated carbocycles. The van der Waals surface area contributed by atoms with E-state index in [0.717, 1.165) is 11.3 Å². The molecule has 0 aliphatic rings. The summed E-state index contributed by atoms with van der Waals surface area (Å²) in [5.74, 6) is 1.17. The molecule has 0 saturated heterocycles. The van der Waals surface area contributed by atoms with Gasteiger partial charge in [-0.3, -0.25) is 9.36 Å². The Morgan fingerprint density at radius 2 is 1.93 bits per heavy atom. The molecular weight excluding hydrogens is 378 g/mol. The first-order chi connectivity index (χ1) is 14.6. The molecule has 8 nitrogen and oxygen atoms in total. The molecule has 3 aromatic heterocycles. The summed E-state index contributed by atoms with van der Waals surface area (Å²) in [4.78, 5) is 34.0. The van der Waals surface area contributed by atoms with Crippen molar-refractivity contribution in [1.29, 1.82) is 0 Å². The number of para-hydroxylation sites is 1. The van der Waals surface area contributed by atoms with Crippen molar-refractivity contribution in [2.75, 3.05) is 5.32 Å². The number of fused-ring (bicyclic) bond motifs is 2. The van der Waals surface area contributed by atoms with Gasteiger partial charge in [-0.25, -0.2) is 19.9 Å². The maximum atomic E-state index is 13.4. The highest BCUT2D eigenvalue weighted by atomic mass is 16.1. The van der Waals surface area contributed by atoms with Crippen LogP contribution >= 0.6 is 0 Å². The van der Waals surface area contributed by atoms with Crippen LogP contribution in [-0.4, -0.2) is 29.5 Å². The fraction of sp³-hybridized carbons (Fsp3) is 0.136. The number of imidazole rings is 1. The monoisotopic (exact) mass is 397 g/mol. The van der Waals surface area contributed by atoms with Crippen LogP contribution in [0.5, 0.6) is 0 Å². The number of hydrogen-bond donors (Lipinski definition) is 2. The summed E-state index contributed by atoms with van der Waals surface area (Å²) in [6.07, 6.45) is 3.04. The van der Waals surface area contributed by atoms with Crippen LogP contribution in [0.1, 0.15) is 24.4 Å². The molecule has 0 bridgehead atoms. The standard InChI is InChI=1S/C22H19N7O/c1-13-6-5-7-15(10-13)29-21(28-17-9-4-3-8-16(17)22(29)30)14(2)27-20-18-19(24-11-23-18)25-12-26-20/h3-12,14H,1-2H3,(H2,23,24,25,26,27). The zero-order valence-corrected chi connectivity index (χ0v) is 16.5. The van der Waals surface area contributed by atoms with E-state index >= 15 is 0 Å². The average molecular weight is 397 g/mol. The molecule has 1 unspecified atom stereocenters. The number of aromatic amines is 1. The first-order valence-electron chi connectivity index (χ1n) is 9.61. The minimum absolute atomic E-state index is 0.109. The normalized spacial score (nSPS) is 12.3. The van der Waals surface area contributed by atoms with Crippen LogP contribution in [0.4, 0.5) is 5.82 Å². The predicted octanol–water partition coefficient (Wildman–Crippen LogP) is 3.53. The van der Waals surface area contributed by atoms with Gasteiger partial charge in [-0.15, -0.1) is 0 Å². The highest BCUT2D eigenvalue weighted by Crippen LogP contribution is 2.23. The second kappa shape index (κ2) is 7.07. The highest BCUT2D eigenvalue weighted by Gasteiger charge is 2.19. The number of aryl methyl sites for hydroxylation is 1.